The van der Waals surface area contributed by atoms with Crippen molar-refractivity contribution in [1.82, 2.24) is 0 Å². The molecule has 0 amide bonds. The predicted octanol–water partition coefficient (Wildman–Crippen LogP) is 2.46. The van der Waals surface area contributed by atoms with Crippen LogP contribution in [-0.4, -0.2) is 12.2 Å². The van der Waals surface area contributed by atoms with E-state index >= 15 is 0 Å². The van der Waals surface area contributed by atoms with Crippen molar-refractivity contribution in [2.24, 2.45) is 5.73 Å². The lowest BCUT2D eigenvalue weighted by molar-refractivity contribution is -0.149. The van der Waals surface area contributed by atoms with Gasteiger partial charge in [-0.05, 0) is 6.42 Å². The highest BCUT2D eigenvalue weighted by molar-refractivity contribution is 4.69. The Balaban J connectivity index is 3.44. The van der Waals surface area contributed by atoms with Gasteiger partial charge in [0, 0.05) is 0 Å². The number of rotatable bonds is 4. The maximum atomic E-state index is 11.8. The Labute approximate surface area is 64.8 Å². The lowest BCUT2D eigenvalue weighted by atomic mass is 10.1. The van der Waals surface area contributed by atoms with Crippen LogP contribution in [0.25, 0.3) is 0 Å². The molecule has 0 spiro atoms. The SMILES string of the molecule is CCCCC[C@@H](N)C(F)(F)F. The first kappa shape index (κ1) is 10.8. The molecule has 4 heteroatoms. The van der Waals surface area contributed by atoms with E-state index in [2.05, 4.69) is 0 Å². The third kappa shape index (κ3) is 5.07. The van der Waals surface area contributed by atoms with Crippen molar-refractivity contribution in [1.29, 1.82) is 0 Å². The quantitative estimate of drug-likeness (QED) is 0.643. The van der Waals surface area contributed by atoms with Crippen molar-refractivity contribution < 1.29 is 13.2 Å². The summed E-state index contributed by atoms with van der Waals surface area (Å²) in [6, 6.07) is -1.63. The molecule has 68 valence electrons. The molecule has 0 saturated heterocycles. The third-order valence-electron chi connectivity index (χ3n) is 1.54. The molecule has 1 atom stereocenters. The standard InChI is InChI=1S/C7H14F3N/c1-2-3-4-5-6(11)7(8,9)10/h6H,2-5,11H2,1H3/t6-/m1/s1. The summed E-state index contributed by atoms with van der Waals surface area (Å²) in [7, 11) is 0. The minimum Gasteiger partial charge on any atom is -0.320 e. The summed E-state index contributed by atoms with van der Waals surface area (Å²) in [4.78, 5) is 0. The molecule has 0 aliphatic heterocycles. The second-order valence-corrected chi connectivity index (χ2v) is 2.64. The van der Waals surface area contributed by atoms with E-state index < -0.39 is 12.2 Å². The van der Waals surface area contributed by atoms with Crippen molar-refractivity contribution in [3.8, 4) is 0 Å². The lowest BCUT2D eigenvalue weighted by Gasteiger charge is -2.14. The van der Waals surface area contributed by atoms with E-state index in [-0.39, 0.29) is 6.42 Å². The first-order chi connectivity index (χ1) is 4.98. The highest BCUT2D eigenvalue weighted by Gasteiger charge is 2.35. The van der Waals surface area contributed by atoms with Gasteiger partial charge >= 0.3 is 6.18 Å². The molecule has 0 heterocycles. The van der Waals surface area contributed by atoms with Gasteiger partial charge in [-0.25, -0.2) is 0 Å². The molecule has 11 heavy (non-hydrogen) atoms. The van der Waals surface area contributed by atoms with Gasteiger partial charge in [0.2, 0.25) is 0 Å². The Morgan fingerprint density at radius 2 is 1.82 bits per heavy atom. The van der Waals surface area contributed by atoms with Crippen molar-refractivity contribution >= 4 is 0 Å². The fourth-order valence-corrected chi connectivity index (χ4v) is 0.778. The molecule has 0 fully saturated rings. The van der Waals surface area contributed by atoms with E-state index in [4.69, 9.17) is 5.73 Å². The molecule has 1 nitrogen and oxygen atoms in total. The zero-order valence-corrected chi connectivity index (χ0v) is 6.62. The van der Waals surface area contributed by atoms with Crippen LogP contribution in [0.15, 0.2) is 0 Å². The third-order valence-corrected chi connectivity index (χ3v) is 1.54. The Morgan fingerprint density at radius 1 is 1.27 bits per heavy atom. The molecule has 0 rings (SSSR count). The minimum atomic E-state index is -4.21. The largest absolute Gasteiger partial charge is 0.403 e. The number of nitrogens with two attached hydrogens (primary N) is 1. The van der Waals surface area contributed by atoms with Crippen molar-refractivity contribution in [2.75, 3.05) is 0 Å². The smallest absolute Gasteiger partial charge is 0.320 e. The van der Waals surface area contributed by atoms with E-state index in [1.165, 1.54) is 0 Å². The highest BCUT2D eigenvalue weighted by Crippen LogP contribution is 2.21. The average Bonchev–Trinajstić information content (AvgIpc) is 1.86. The van der Waals surface area contributed by atoms with Gasteiger partial charge in [0.05, 0.1) is 0 Å². The first-order valence-electron chi connectivity index (χ1n) is 3.80. The van der Waals surface area contributed by atoms with E-state index in [0.29, 0.717) is 6.42 Å². The van der Waals surface area contributed by atoms with Crippen molar-refractivity contribution in [3.63, 3.8) is 0 Å². The van der Waals surface area contributed by atoms with Crippen LogP contribution in [0.4, 0.5) is 13.2 Å². The van der Waals surface area contributed by atoms with Crippen molar-refractivity contribution in [2.45, 2.75) is 44.8 Å². The van der Waals surface area contributed by atoms with Gasteiger partial charge < -0.3 is 5.73 Å². The molecule has 2 N–H and O–H groups in total. The van der Waals surface area contributed by atoms with Gasteiger partial charge in [-0.2, -0.15) is 13.2 Å². The summed E-state index contributed by atoms with van der Waals surface area (Å²) in [6.07, 6.45) is -1.85. The first-order valence-corrected chi connectivity index (χ1v) is 3.80. The minimum absolute atomic E-state index is 0.0529. The fourth-order valence-electron chi connectivity index (χ4n) is 0.778. The van der Waals surface area contributed by atoms with Crippen LogP contribution in [0.2, 0.25) is 0 Å². The highest BCUT2D eigenvalue weighted by atomic mass is 19.4. The molecule has 0 saturated carbocycles. The van der Waals surface area contributed by atoms with Crippen molar-refractivity contribution in [3.05, 3.63) is 0 Å². The zero-order chi connectivity index (χ0) is 8.91. The normalized spacial score (nSPS) is 15.0. The molecule has 0 aliphatic rings. The molecular formula is C7H14F3N. The number of alkyl halides is 3. The van der Waals surface area contributed by atoms with Gasteiger partial charge in [-0.15, -0.1) is 0 Å². The molecule has 0 bridgehead atoms. The Hall–Kier alpha value is -0.250. The van der Waals surface area contributed by atoms with Gasteiger partial charge in [0.15, 0.2) is 0 Å². The van der Waals surface area contributed by atoms with Crippen LogP contribution >= 0.6 is 0 Å². The van der Waals surface area contributed by atoms with E-state index in [1.54, 1.807) is 0 Å². The summed E-state index contributed by atoms with van der Waals surface area (Å²) >= 11 is 0. The maximum Gasteiger partial charge on any atom is 0.403 e. The number of hydrogen-bond acceptors (Lipinski definition) is 1. The molecule has 0 unspecified atom stereocenters. The van der Waals surface area contributed by atoms with Gasteiger partial charge in [0.1, 0.15) is 6.04 Å². The molecule has 0 aromatic heterocycles. The fraction of sp³-hybridized carbons (Fsp3) is 1.00. The second kappa shape index (κ2) is 4.59. The Bertz CT molecular complexity index is 100. The van der Waals surface area contributed by atoms with Crippen LogP contribution in [0.5, 0.6) is 0 Å². The Kier molecular flexibility index (Phi) is 4.49. The zero-order valence-electron chi connectivity index (χ0n) is 6.62. The van der Waals surface area contributed by atoms with Crippen LogP contribution in [0.1, 0.15) is 32.6 Å². The van der Waals surface area contributed by atoms with Gasteiger partial charge in [0.25, 0.3) is 0 Å². The van der Waals surface area contributed by atoms with E-state index in [1.807, 2.05) is 6.92 Å². The molecule has 0 radical (unpaired) electrons. The molecule has 0 aliphatic carbocycles. The van der Waals surface area contributed by atoms with Gasteiger partial charge in [-0.3, -0.25) is 0 Å². The molecule has 0 aromatic rings. The number of halogens is 3. The van der Waals surface area contributed by atoms with E-state index in [9.17, 15) is 13.2 Å². The number of hydrogen-bond donors (Lipinski definition) is 1. The lowest BCUT2D eigenvalue weighted by Crippen LogP contribution is -2.36. The topological polar surface area (TPSA) is 26.0 Å². The van der Waals surface area contributed by atoms with Crippen LogP contribution in [0, 0.1) is 0 Å². The average molecular weight is 169 g/mol. The predicted molar refractivity (Wildman–Crippen MR) is 38.2 cm³/mol. The molecule has 0 aromatic carbocycles. The summed E-state index contributed by atoms with van der Waals surface area (Å²) in [6.45, 7) is 1.94. The second-order valence-electron chi connectivity index (χ2n) is 2.64. The van der Waals surface area contributed by atoms with Crippen LogP contribution in [-0.2, 0) is 0 Å². The maximum absolute atomic E-state index is 11.8. The van der Waals surface area contributed by atoms with Crippen LogP contribution in [0.3, 0.4) is 0 Å². The Morgan fingerprint density at radius 3 is 2.18 bits per heavy atom. The van der Waals surface area contributed by atoms with Gasteiger partial charge in [-0.1, -0.05) is 26.2 Å². The number of unbranched alkanes of at least 4 members (excludes halogenated alkanes) is 2. The summed E-state index contributed by atoms with van der Waals surface area (Å²) < 4.78 is 35.3. The van der Waals surface area contributed by atoms with E-state index in [0.717, 1.165) is 12.8 Å². The summed E-state index contributed by atoms with van der Waals surface area (Å²) in [5.41, 5.74) is 4.87. The monoisotopic (exact) mass is 169 g/mol. The summed E-state index contributed by atoms with van der Waals surface area (Å²) in [5, 5.41) is 0. The molecular weight excluding hydrogens is 155 g/mol. The van der Waals surface area contributed by atoms with Crippen LogP contribution < -0.4 is 5.73 Å². The summed E-state index contributed by atoms with van der Waals surface area (Å²) in [5.74, 6) is 0.